The molecule has 194 valence electrons. The molecule has 34 heavy (non-hydrogen) atoms. The lowest BCUT2D eigenvalue weighted by molar-refractivity contribution is -0.121. The molecule has 2 N–H and O–H groups in total. The van der Waals surface area contributed by atoms with E-state index in [4.69, 9.17) is 0 Å². The van der Waals surface area contributed by atoms with Crippen LogP contribution in [0.2, 0.25) is 0 Å². The average Bonchev–Trinajstić information content (AvgIpc) is 2.82. The summed E-state index contributed by atoms with van der Waals surface area (Å²) in [6.07, 6.45) is 18.4. The van der Waals surface area contributed by atoms with Crippen LogP contribution in [0.3, 0.4) is 0 Å². The van der Waals surface area contributed by atoms with Crippen LogP contribution in [0.25, 0.3) is 0 Å². The summed E-state index contributed by atoms with van der Waals surface area (Å²) < 4.78 is -0.00757. The minimum atomic E-state index is -0.543. The molecule has 1 fully saturated rings. The first-order chi connectivity index (χ1) is 16.5. The maximum absolute atomic E-state index is 12.5. The molecule has 1 aliphatic rings. The normalized spacial score (nSPS) is 16.4. The molecule has 0 aliphatic carbocycles. The van der Waals surface area contributed by atoms with Gasteiger partial charge in [0.25, 0.3) is 0 Å². The lowest BCUT2D eigenvalue weighted by Crippen LogP contribution is -2.32. The molecule has 2 rings (SSSR count). The highest BCUT2D eigenvalue weighted by atomic mass is 32.2. The number of hydrogen-bond donors (Lipinski definition) is 2. The second kappa shape index (κ2) is 17.7. The van der Waals surface area contributed by atoms with Gasteiger partial charge in [0.2, 0.25) is 0 Å². The van der Waals surface area contributed by atoms with Gasteiger partial charge >= 0.3 is 0 Å². The lowest BCUT2D eigenvalue weighted by atomic mass is 9.99. The Bertz CT molecular complexity index is 656. The van der Waals surface area contributed by atoms with E-state index in [0.717, 1.165) is 37.2 Å². The number of aromatic hydroxyl groups is 1. The van der Waals surface area contributed by atoms with Crippen LogP contribution >= 0.6 is 23.5 Å². The second-order valence-electron chi connectivity index (χ2n) is 10.0. The molecule has 0 amide bonds. The fourth-order valence-electron chi connectivity index (χ4n) is 4.76. The predicted octanol–water partition coefficient (Wildman–Crippen LogP) is 8.30. The molecule has 1 aromatic rings. The summed E-state index contributed by atoms with van der Waals surface area (Å²) in [5.74, 6) is 2.78. The molecular weight excluding hydrogens is 460 g/mol. The maximum atomic E-state index is 12.5. The van der Waals surface area contributed by atoms with Crippen molar-refractivity contribution in [2.24, 2.45) is 0 Å². The van der Waals surface area contributed by atoms with E-state index >= 15 is 0 Å². The minimum Gasteiger partial charge on any atom is -0.508 e. The van der Waals surface area contributed by atoms with Gasteiger partial charge in [-0.25, -0.2) is 0 Å². The van der Waals surface area contributed by atoms with E-state index in [9.17, 15) is 15.0 Å². The maximum Gasteiger partial charge on any atom is 0.135 e. The second-order valence-corrected chi connectivity index (χ2v) is 13.2. The van der Waals surface area contributed by atoms with Gasteiger partial charge in [-0.2, -0.15) is 0 Å². The van der Waals surface area contributed by atoms with Gasteiger partial charge in [-0.1, -0.05) is 83.3 Å². The van der Waals surface area contributed by atoms with Crippen LogP contribution in [0.1, 0.15) is 115 Å². The van der Waals surface area contributed by atoms with Crippen molar-refractivity contribution in [3.05, 3.63) is 29.8 Å². The Hall–Kier alpha value is -0.650. The van der Waals surface area contributed by atoms with Crippen molar-refractivity contribution in [2.45, 2.75) is 126 Å². The van der Waals surface area contributed by atoms with Crippen molar-refractivity contribution >= 4 is 29.3 Å². The number of carbonyl (C=O) groups excluding carboxylic acids is 1. The first kappa shape index (κ1) is 29.6. The number of phenolic OH excluding ortho intramolecular Hbond substituents is 1. The van der Waals surface area contributed by atoms with Gasteiger partial charge in [-0.05, 0) is 61.3 Å². The number of phenols is 1. The van der Waals surface area contributed by atoms with E-state index in [2.05, 4.69) is 6.92 Å². The van der Waals surface area contributed by atoms with Gasteiger partial charge in [-0.15, -0.1) is 23.5 Å². The number of carbonyl (C=O) groups is 1. The zero-order chi connectivity index (χ0) is 24.5. The lowest BCUT2D eigenvalue weighted by Gasteiger charge is -2.37. The van der Waals surface area contributed by atoms with Crippen LogP contribution in [0.15, 0.2) is 24.3 Å². The fourth-order valence-corrected chi connectivity index (χ4v) is 8.21. The van der Waals surface area contributed by atoms with Gasteiger partial charge in [0.1, 0.15) is 11.5 Å². The van der Waals surface area contributed by atoms with Crippen LogP contribution in [0.4, 0.5) is 0 Å². The minimum absolute atomic E-state index is 0.00757. The molecule has 0 radical (unpaired) electrons. The van der Waals surface area contributed by atoms with Gasteiger partial charge in [-0.3, -0.25) is 4.79 Å². The first-order valence-corrected chi connectivity index (χ1v) is 15.8. The van der Waals surface area contributed by atoms with Gasteiger partial charge in [0.05, 0.1) is 10.2 Å². The van der Waals surface area contributed by atoms with Crippen LogP contribution in [0.5, 0.6) is 5.75 Å². The molecule has 1 saturated heterocycles. The number of rotatable bonds is 19. The number of aryl methyl sites for hydroxylation is 1. The molecule has 1 heterocycles. The van der Waals surface area contributed by atoms with Crippen molar-refractivity contribution < 1.29 is 15.0 Å². The smallest absolute Gasteiger partial charge is 0.135 e. The molecule has 1 atom stereocenters. The van der Waals surface area contributed by atoms with Crippen LogP contribution < -0.4 is 0 Å². The quantitative estimate of drug-likeness (QED) is 0.184. The summed E-state index contributed by atoms with van der Waals surface area (Å²) in [5.41, 5.74) is 1.21. The first-order valence-electron chi connectivity index (χ1n) is 13.8. The molecule has 0 unspecified atom stereocenters. The van der Waals surface area contributed by atoms with Crippen molar-refractivity contribution in [2.75, 3.05) is 11.5 Å². The molecule has 5 heteroatoms. The topological polar surface area (TPSA) is 57.5 Å². The van der Waals surface area contributed by atoms with Gasteiger partial charge in [0, 0.05) is 12.8 Å². The Kier molecular flexibility index (Phi) is 15.4. The molecule has 3 nitrogen and oxygen atoms in total. The summed E-state index contributed by atoms with van der Waals surface area (Å²) in [6, 6.07) is 7.44. The molecule has 0 spiro atoms. The zero-order valence-electron chi connectivity index (χ0n) is 21.4. The van der Waals surface area contributed by atoms with E-state index in [1.807, 2.05) is 35.7 Å². The standard InChI is InChI=1S/C29H48O3S2/c1-2-3-4-5-6-7-8-9-10-11-12-14-27(31)23-28(32)24-29(33-21-13-22-34-29)20-19-25-15-17-26(30)18-16-25/h15-18,28,30,32H,2-14,19-24H2,1H3/t28-/m1/s1. The summed E-state index contributed by atoms with van der Waals surface area (Å²) in [5, 5.41) is 20.3. The van der Waals surface area contributed by atoms with Crippen LogP contribution in [0, 0.1) is 0 Å². The Morgan fingerprint density at radius 3 is 2.06 bits per heavy atom. The Balaban J connectivity index is 1.60. The van der Waals surface area contributed by atoms with Crippen LogP contribution in [-0.2, 0) is 11.2 Å². The van der Waals surface area contributed by atoms with Crippen molar-refractivity contribution in [3.63, 3.8) is 0 Å². The highest BCUT2D eigenvalue weighted by molar-refractivity contribution is 8.18. The summed E-state index contributed by atoms with van der Waals surface area (Å²) in [4.78, 5) is 12.5. The van der Waals surface area contributed by atoms with Crippen LogP contribution in [-0.4, -0.2) is 37.7 Å². The van der Waals surface area contributed by atoms with E-state index in [0.29, 0.717) is 25.0 Å². The van der Waals surface area contributed by atoms with E-state index < -0.39 is 6.10 Å². The molecular formula is C29H48O3S2. The predicted molar refractivity (Wildman–Crippen MR) is 150 cm³/mol. The highest BCUT2D eigenvalue weighted by Crippen LogP contribution is 2.49. The Morgan fingerprint density at radius 1 is 0.912 bits per heavy atom. The largest absolute Gasteiger partial charge is 0.508 e. The number of aliphatic hydroxyl groups is 1. The molecule has 0 aromatic heterocycles. The number of hydrogen-bond acceptors (Lipinski definition) is 5. The number of ketones is 1. The molecule has 1 aromatic carbocycles. The Labute approximate surface area is 217 Å². The third-order valence-electron chi connectivity index (χ3n) is 6.82. The number of thioether (sulfide) groups is 2. The van der Waals surface area contributed by atoms with E-state index in [1.54, 1.807) is 12.1 Å². The summed E-state index contributed by atoms with van der Waals surface area (Å²) in [7, 11) is 0. The molecule has 1 aliphatic heterocycles. The number of aliphatic hydroxyl groups excluding tert-OH is 1. The Morgan fingerprint density at radius 2 is 1.47 bits per heavy atom. The SMILES string of the molecule is CCCCCCCCCCCCCC(=O)C[C@@H](O)CC1(CCc2ccc(O)cc2)SCCCS1. The van der Waals surface area contributed by atoms with Gasteiger partial charge in [0.15, 0.2) is 0 Å². The third-order valence-corrected chi connectivity index (χ3v) is 10.3. The number of unbranched alkanes of at least 4 members (excludes halogenated alkanes) is 10. The van der Waals surface area contributed by atoms with Gasteiger partial charge < -0.3 is 10.2 Å². The van der Waals surface area contributed by atoms with E-state index in [-0.39, 0.29) is 9.86 Å². The monoisotopic (exact) mass is 508 g/mol. The molecule has 0 bridgehead atoms. The summed E-state index contributed by atoms with van der Waals surface area (Å²) >= 11 is 3.93. The van der Waals surface area contributed by atoms with Crippen molar-refractivity contribution in [3.8, 4) is 5.75 Å². The highest BCUT2D eigenvalue weighted by Gasteiger charge is 2.35. The fraction of sp³-hybridized carbons (Fsp3) is 0.759. The number of Topliss-reactive ketones (excluding diaryl/α,β-unsaturated/α-hetero) is 1. The van der Waals surface area contributed by atoms with E-state index in [1.165, 1.54) is 69.8 Å². The molecule has 0 saturated carbocycles. The third kappa shape index (κ3) is 12.9. The summed E-state index contributed by atoms with van der Waals surface area (Å²) in [6.45, 7) is 2.26. The van der Waals surface area contributed by atoms with Crippen molar-refractivity contribution in [1.82, 2.24) is 0 Å². The van der Waals surface area contributed by atoms with Crippen molar-refractivity contribution in [1.29, 1.82) is 0 Å². The average molecular weight is 509 g/mol. The zero-order valence-corrected chi connectivity index (χ0v) is 23.1. The number of benzene rings is 1.